The van der Waals surface area contributed by atoms with Crippen LogP contribution in [0.2, 0.25) is 0 Å². The fourth-order valence-electron chi connectivity index (χ4n) is 2.82. The van der Waals surface area contributed by atoms with Gasteiger partial charge in [0.05, 0.1) is 0 Å². The molecule has 0 radical (unpaired) electrons. The van der Waals surface area contributed by atoms with Crippen LogP contribution in [-0.2, 0) is 0 Å². The molecule has 3 rings (SSSR count). The van der Waals surface area contributed by atoms with Crippen LogP contribution in [0.1, 0.15) is 28.6 Å². The summed E-state index contributed by atoms with van der Waals surface area (Å²) in [6.07, 6.45) is 2.39. The first-order valence-corrected chi connectivity index (χ1v) is 6.61. The average molecular weight is 258 g/mol. The number of amides is 1. The zero-order valence-electron chi connectivity index (χ0n) is 11.0. The van der Waals surface area contributed by atoms with Gasteiger partial charge in [0.2, 0.25) is 0 Å². The number of aliphatic hydroxyl groups excluding tert-OH is 1. The standard InChI is InChI=1S/C15H18N2O2/c1-16-8-4-5-11(9-16)10-17-14(18)12-6-2-3-7-13(12)15(17)19/h2-3,5-7,14,18H,4,8-10H2,1H3. The van der Waals surface area contributed by atoms with Gasteiger partial charge in [-0.25, -0.2) is 0 Å². The highest BCUT2D eigenvalue weighted by Gasteiger charge is 2.35. The van der Waals surface area contributed by atoms with E-state index in [-0.39, 0.29) is 5.91 Å². The second-order valence-corrected chi connectivity index (χ2v) is 5.28. The van der Waals surface area contributed by atoms with Crippen molar-refractivity contribution in [2.75, 3.05) is 26.7 Å². The fraction of sp³-hybridized carbons (Fsp3) is 0.400. The summed E-state index contributed by atoms with van der Waals surface area (Å²) >= 11 is 0. The van der Waals surface area contributed by atoms with Crippen molar-refractivity contribution < 1.29 is 9.90 Å². The summed E-state index contributed by atoms with van der Waals surface area (Å²) < 4.78 is 0. The van der Waals surface area contributed by atoms with Crippen molar-refractivity contribution in [3.63, 3.8) is 0 Å². The average Bonchev–Trinajstić information content (AvgIpc) is 2.65. The molecule has 0 bridgehead atoms. The third-order valence-corrected chi connectivity index (χ3v) is 3.82. The Bertz CT molecular complexity index is 539. The molecule has 0 aliphatic carbocycles. The van der Waals surface area contributed by atoms with Crippen LogP contribution in [0.3, 0.4) is 0 Å². The van der Waals surface area contributed by atoms with E-state index in [1.54, 1.807) is 11.0 Å². The number of benzene rings is 1. The molecule has 0 spiro atoms. The van der Waals surface area contributed by atoms with Gasteiger partial charge in [-0.3, -0.25) is 4.79 Å². The molecule has 100 valence electrons. The van der Waals surface area contributed by atoms with Crippen LogP contribution in [-0.4, -0.2) is 47.5 Å². The highest BCUT2D eigenvalue weighted by Crippen LogP contribution is 2.32. The third-order valence-electron chi connectivity index (χ3n) is 3.82. The fourth-order valence-corrected chi connectivity index (χ4v) is 2.82. The van der Waals surface area contributed by atoms with E-state index in [1.165, 1.54) is 5.57 Å². The van der Waals surface area contributed by atoms with E-state index in [2.05, 4.69) is 18.0 Å². The van der Waals surface area contributed by atoms with Gasteiger partial charge in [0.1, 0.15) is 0 Å². The van der Waals surface area contributed by atoms with Crippen molar-refractivity contribution in [1.82, 2.24) is 9.80 Å². The maximum absolute atomic E-state index is 12.3. The number of nitrogens with zero attached hydrogens (tertiary/aromatic N) is 2. The van der Waals surface area contributed by atoms with E-state index in [0.717, 1.165) is 25.1 Å². The number of rotatable bonds is 2. The van der Waals surface area contributed by atoms with E-state index in [9.17, 15) is 9.90 Å². The van der Waals surface area contributed by atoms with Gasteiger partial charge in [-0.2, -0.15) is 0 Å². The van der Waals surface area contributed by atoms with Crippen LogP contribution in [0, 0.1) is 0 Å². The number of carbonyl (C=O) groups is 1. The molecule has 0 aromatic heterocycles. The second kappa shape index (κ2) is 4.79. The third kappa shape index (κ3) is 2.17. The number of hydrogen-bond donors (Lipinski definition) is 1. The SMILES string of the molecule is CN1CCC=C(CN2C(=O)c3ccccc3C2O)C1. The minimum absolute atomic E-state index is 0.0720. The van der Waals surface area contributed by atoms with Crippen LogP contribution >= 0.6 is 0 Å². The Labute approximate surface area is 112 Å². The van der Waals surface area contributed by atoms with Gasteiger partial charge >= 0.3 is 0 Å². The summed E-state index contributed by atoms with van der Waals surface area (Å²) in [6, 6.07) is 7.29. The molecule has 4 nitrogen and oxygen atoms in total. The molecule has 1 amide bonds. The van der Waals surface area contributed by atoms with Gasteiger partial charge in [0, 0.05) is 30.8 Å². The summed E-state index contributed by atoms with van der Waals surface area (Å²) in [7, 11) is 2.07. The molecule has 1 aromatic carbocycles. The van der Waals surface area contributed by atoms with Crippen LogP contribution in [0.4, 0.5) is 0 Å². The normalized spacial score (nSPS) is 23.5. The largest absolute Gasteiger partial charge is 0.369 e. The molecule has 1 N–H and O–H groups in total. The predicted molar refractivity (Wildman–Crippen MR) is 72.6 cm³/mol. The summed E-state index contributed by atoms with van der Waals surface area (Å²) in [5.74, 6) is -0.0720. The summed E-state index contributed by atoms with van der Waals surface area (Å²) in [4.78, 5) is 16.1. The Kier molecular flexibility index (Phi) is 3.12. The Balaban J connectivity index is 1.81. The summed E-state index contributed by atoms with van der Waals surface area (Å²) in [6.45, 7) is 2.44. The van der Waals surface area contributed by atoms with Crippen molar-refractivity contribution in [1.29, 1.82) is 0 Å². The molecule has 1 unspecified atom stereocenters. The summed E-state index contributed by atoms with van der Waals surface area (Å²) in [5.41, 5.74) is 2.55. The first kappa shape index (κ1) is 12.4. The lowest BCUT2D eigenvalue weighted by molar-refractivity contribution is 0.0212. The molecule has 2 aliphatic rings. The van der Waals surface area contributed by atoms with Crippen molar-refractivity contribution in [2.24, 2.45) is 0 Å². The molecule has 0 saturated carbocycles. The molecule has 0 saturated heterocycles. The predicted octanol–water partition coefficient (Wildman–Crippen LogP) is 1.40. The number of carbonyl (C=O) groups excluding carboxylic acids is 1. The molecular formula is C15H18N2O2. The first-order valence-electron chi connectivity index (χ1n) is 6.61. The van der Waals surface area contributed by atoms with Crippen LogP contribution in [0.25, 0.3) is 0 Å². The maximum atomic E-state index is 12.3. The molecule has 2 heterocycles. The van der Waals surface area contributed by atoms with Gasteiger partial charge in [-0.05, 0) is 25.1 Å². The monoisotopic (exact) mass is 258 g/mol. The molecule has 19 heavy (non-hydrogen) atoms. The van der Waals surface area contributed by atoms with Crippen LogP contribution in [0.5, 0.6) is 0 Å². The van der Waals surface area contributed by atoms with Crippen molar-refractivity contribution in [2.45, 2.75) is 12.6 Å². The molecule has 1 aromatic rings. The van der Waals surface area contributed by atoms with Gasteiger partial charge in [0.15, 0.2) is 6.23 Å². The molecular weight excluding hydrogens is 240 g/mol. The topological polar surface area (TPSA) is 43.8 Å². The minimum atomic E-state index is -0.808. The number of hydrogen-bond acceptors (Lipinski definition) is 3. The van der Waals surface area contributed by atoms with E-state index < -0.39 is 6.23 Å². The van der Waals surface area contributed by atoms with Crippen molar-refractivity contribution in [3.8, 4) is 0 Å². The Morgan fingerprint density at radius 1 is 1.37 bits per heavy atom. The second-order valence-electron chi connectivity index (χ2n) is 5.28. The highest BCUT2D eigenvalue weighted by atomic mass is 16.3. The Morgan fingerprint density at radius 3 is 2.89 bits per heavy atom. The molecule has 2 aliphatic heterocycles. The van der Waals surface area contributed by atoms with Crippen molar-refractivity contribution in [3.05, 3.63) is 47.0 Å². The summed E-state index contributed by atoms with van der Waals surface area (Å²) in [5, 5.41) is 10.3. The van der Waals surface area contributed by atoms with Crippen molar-refractivity contribution >= 4 is 5.91 Å². The van der Waals surface area contributed by atoms with E-state index in [1.807, 2.05) is 18.2 Å². The van der Waals surface area contributed by atoms with E-state index in [0.29, 0.717) is 12.1 Å². The molecule has 4 heteroatoms. The van der Waals surface area contributed by atoms with Gasteiger partial charge < -0.3 is 14.9 Å². The maximum Gasteiger partial charge on any atom is 0.256 e. The van der Waals surface area contributed by atoms with Crippen LogP contribution in [0.15, 0.2) is 35.9 Å². The van der Waals surface area contributed by atoms with Gasteiger partial charge in [-0.1, -0.05) is 24.3 Å². The highest BCUT2D eigenvalue weighted by molar-refractivity contribution is 5.99. The minimum Gasteiger partial charge on any atom is -0.369 e. The zero-order chi connectivity index (χ0) is 13.4. The number of likely N-dealkylation sites (N-methyl/N-ethyl adjacent to an activating group) is 1. The molecule has 1 atom stereocenters. The van der Waals surface area contributed by atoms with Gasteiger partial charge in [-0.15, -0.1) is 0 Å². The number of aliphatic hydroxyl groups is 1. The Hall–Kier alpha value is -1.65. The van der Waals surface area contributed by atoms with Gasteiger partial charge in [0.25, 0.3) is 5.91 Å². The van der Waals surface area contributed by atoms with E-state index in [4.69, 9.17) is 0 Å². The quantitative estimate of drug-likeness (QED) is 0.815. The van der Waals surface area contributed by atoms with E-state index >= 15 is 0 Å². The lowest BCUT2D eigenvalue weighted by Crippen LogP contribution is -2.35. The number of fused-ring (bicyclic) bond motifs is 1. The molecule has 0 fully saturated rings. The Morgan fingerprint density at radius 2 is 2.16 bits per heavy atom. The smallest absolute Gasteiger partial charge is 0.256 e. The zero-order valence-corrected chi connectivity index (χ0v) is 11.0. The lowest BCUT2D eigenvalue weighted by Gasteiger charge is -2.28. The first-order chi connectivity index (χ1) is 9.16. The lowest BCUT2D eigenvalue weighted by atomic mass is 10.1. The van der Waals surface area contributed by atoms with Crippen LogP contribution < -0.4 is 0 Å².